The molecule has 1 aliphatic rings. The molecule has 100 valence electrons. The van der Waals surface area contributed by atoms with E-state index in [1.54, 1.807) is 6.07 Å². The van der Waals surface area contributed by atoms with Gasteiger partial charge in [0.05, 0.1) is 4.92 Å². The summed E-state index contributed by atoms with van der Waals surface area (Å²) in [5.74, 6) is 0.548. The van der Waals surface area contributed by atoms with Crippen molar-refractivity contribution >= 4 is 16.3 Å². The van der Waals surface area contributed by atoms with Gasteiger partial charge in [-0.3, -0.25) is 15.0 Å². The Hall–Kier alpha value is -0.980. The fraction of sp³-hybridized carbons (Fsp3) is 0.667. The fourth-order valence-corrected chi connectivity index (χ4v) is 3.22. The van der Waals surface area contributed by atoms with Crippen molar-refractivity contribution < 1.29 is 4.92 Å². The Bertz CT molecular complexity index is 421. The Morgan fingerprint density at radius 2 is 2.44 bits per heavy atom. The Labute approximate surface area is 111 Å². The molecule has 2 rings (SSSR count). The fourth-order valence-electron chi connectivity index (χ4n) is 2.50. The summed E-state index contributed by atoms with van der Waals surface area (Å²) in [7, 11) is 0. The molecule has 0 amide bonds. The van der Waals surface area contributed by atoms with Crippen LogP contribution >= 0.6 is 11.3 Å². The first-order valence-electron chi connectivity index (χ1n) is 6.30. The van der Waals surface area contributed by atoms with Gasteiger partial charge < -0.3 is 5.73 Å². The van der Waals surface area contributed by atoms with Gasteiger partial charge in [0, 0.05) is 30.6 Å². The molecule has 2 unspecified atom stereocenters. The van der Waals surface area contributed by atoms with E-state index < -0.39 is 0 Å². The highest BCUT2D eigenvalue weighted by molar-refractivity contribution is 7.13. The summed E-state index contributed by atoms with van der Waals surface area (Å²) < 4.78 is 0. The van der Waals surface area contributed by atoms with Gasteiger partial charge in [-0.05, 0) is 24.4 Å². The maximum absolute atomic E-state index is 10.6. The lowest BCUT2D eigenvalue weighted by Gasteiger charge is -2.36. The maximum atomic E-state index is 10.6. The van der Waals surface area contributed by atoms with E-state index in [0.717, 1.165) is 38.0 Å². The second-order valence-corrected chi connectivity index (χ2v) is 5.80. The molecule has 1 fully saturated rings. The summed E-state index contributed by atoms with van der Waals surface area (Å²) in [4.78, 5) is 12.7. The van der Waals surface area contributed by atoms with E-state index in [2.05, 4.69) is 11.8 Å². The van der Waals surface area contributed by atoms with Crippen molar-refractivity contribution in [3.63, 3.8) is 0 Å². The summed E-state index contributed by atoms with van der Waals surface area (Å²) in [6.45, 7) is 4.96. The van der Waals surface area contributed by atoms with Gasteiger partial charge in [0.15, 0.2) is 0 Å². The molecule has 1 aliphatic heterocycles. The van der Waals surface area contributed by atoms with Gasteiger partial charge in [-0.15, -0.1) is 0 Å². The lowest BCUT2D eigenvalue weighted by molar-refractivity contribution is -0.380. The second kappa shape index (κ2) is 5.77. The van der Waals surface area contributed by atoms with Crippen LogP contribution < -0.4 is 5.73 Å². The third kappa shape index (κ3) is 3.07. The van der Waals surface area contributed by atoms with E-state index in [1.165, 1.54) is 11.3 Å². The van der Waals surface area contributed by atoms with E-state index in [0.29, 0.717) is 12.0 Å². The predicted molar refractivity (Wildman–Crippen MR) is 72.6 cm³/mol. The van der Waals surface area contributed by atoms with Crippen LogP contribution in [0.2, 0.25) is 0 Å². The van der Waals surface area contributed by atoms with E-state index in [9.17, 15) is 10.1 Å². The zero-order valence-corrected chi connectivity index (χ0v) is 11.4. The molecule has 5 nitrogen and oxygen atoms in total. The molecule has 0 aliphatic carbocycles. The molecule has 2 N–H and O–H groups in total. The van der Waals surface area contributed by atoms with Gasteiger partial charge >= 0.3 is 5.00 Å². The quantitative estimate of drug-likeness (QED) is 0.672. The second-order valence-electron chi connectivity index (χ2n) is 4.91. The van der Waals surface area contributed by atoms with Crippen LogP contribution in [0.4, 0.5) is 5.00 Å². The number of thiophene rings is 1. The van der Waals surface area contributed by atoms with Gasteiger partial charge in [-0.2, -0.15) is 0 Å². The molecular weight excluding hydrogens is 250 g/mol. The van der Waals surface area contributed by atoms with Gasteiger partial charge in [0.2, 0.25) is 0 Å². The number of nitro groups is 1. The lowest BCUT2D eigenvalue weighted by atomic mass is 9.90. The minimum Gasteiger partial charge on any atom is -0.327 e. The Morgan fingerprint density at radius 1 is 1.67 bits per heavy atom. The number of likely N-dealkylation sites (tertiary alicyclic amines) is 1. The highest BCUT2D eigenvalue weighted by Gasteiger charge is 2.25. The van der Waals surface area contributed by atoms with Gasteiger partial charge in [-0.1, -0.05) is 24.7 Å². The first-order valence-corrected chi connectivity index (χ1v) is 7.18. The normalized spacial score (nSPS) is 25.2. The lowest BCUT2D eigenvalue weighted by Crippen LogP contribution is -2.46. The molecule has 0 spiro atoms. The number of rotatable bonds is 4. The molecule has 1 saturated heterocycles. The summed E-state index contributed by atoms with van der Waals surface area (Å²) in [5.41, 5.74) is 7.11. The summed E-state index contributed by atoms with van der Waals surface area (Å²) in [6, 6.07) is 1.99. The number of piperidine rings is 1. The highest BCUT2D eigenvalue weighted by atomic mass is 32.1. The SMILES string of the molecule is CCC1CN(Cc2csc([N+](=O)[O-])c2)CCC1N. The zero-order valence-electron chi connectivity index (χ0n) is 10.5. The first kappa shape index (κ1) is 13.5. The minimum absolute atomic E-state index is 0.228. The number of hydrogen-bond donors (Lipinski definition) is 1. The van der Waals surface area contributed by atoms with E-state index >= 15 is 0 Å². The Morgan fingerprint density at radius 3 is 3.06 bits per heavy atom. The van der Waals surface area contributed by atoms with Crippen molar-refractivity contribution in [1.29, 1.82) is 0 Å². The third-order valence-electron chi connectivity index (χ3n) is 3.63. The molecule has 0 aromatic carbocycles. The zero-order chi connectivity index (χ0) is 13.1. The van der Waals surface area contributed by atoms with E-state index in [-0.39, 0.29) is 9.92 Å². The van der Waals surface area contributed by atoms with Crippen LogP contribution in [-0.2, 0) is 6.54 Å². The van der Waals surface area contributed by atoms with Crippen LogP contribution in [0.1, 0.15) is 25.3 Å². The highest BCUT2D eigenvalue weighted by Crippen LogP contribution is 2.25. The third-order valence-corrected chi connectivity index (χ3v) is 4.56. The van der Waals surface area contributed by atoms with Crippen LogP contribution in [0.3, 0.4) is 0 Å². The van der Waals surface area contributed by atoms with E-state index in [1.807, 2.05) is 5.38 Å². The summed E-state index contributed by atoms with van der Waals surface area (Å²) >= 11 is 1.20. The Balaban J connectivity index is 1.94. The largest absolute Gasteiger partial charge is 0.327 e. The molecular formula is C12H19N3O2S. The molecule has 2 atom stereocenters. The smallest absolute Gasteiger partial charge is 0.324 e. The van der Waals surface area contributed by atoms with Crippen molar-refractivity contribution in [2.45, 2.75) is 32.4 Å². The predicted octanol–water partition coefficient (Wildman–Crippen LogP) is 2.22. The molecule has 0 bridgehead atoms. The van der Waals surface area contributed by atoms with Crippen molar-refractivity contribution in [1.82, 2.24) is 4.90 Å². The summed E-state index contributed by atoms with van der Waals surface area (Å²) in [6.07, 6.45) is 2.12. The Kier molecular flexibility index (Phi) is 4.31. The topological polar surface area (TPSA) is 72.4 Å². The van der Waals surface area contributed by atoms with Gasteiger partial charge in [0.1, 0.15) is 0 Å². The molecule has 0 saturated carbocycles. The maximum Gasteiger partial charge on any atom is 0.324 e. The standard InChI is InChI=1S/C12H19N3O2S/c1-2-10-7-14(4-3-11(10)13)6-9-5-12(15(16)17)18-8-9/h5,8,10-11H,2-4,6-7,13H2,1H3. The molecule has 2 heterocycles. The summed E-state index contributed by atoms with van der Waals surface area (Å²) in [5, 5.41) is 12.7. The average Bonchev–Trinajstić information content (AvgIpc) is 2.80. The van der Waals surface area contributed by atoms with Crippen LogP contribution in [0.5, 0.6) is 0 Å². The first-order chi connectivity index (χ1) is 8.60. The van der Waals surface area contributed by atoms with E-state index in [4.69, 9.17) is 5.73 Å². The number of nitrogens with two attached hydrogens (primary N) is 1. The van der Waals surface area contributed by atoms with Crippen LogP contribution in [0.15, 0.2) is 11.4 Å². The molecule has 1 aromatic heterocycles. The van der Waals surface area contributed by atoms with Crippen LogP contribution in [-0.4, -0.2) is 29.0 Å². The van der Waals surface area contributed by atoms with Crippen molar-refractivity contribution in [2.24, 2.45) is 11.7 Å². The number of nitrogens with zero attached hydrogens (tertiary/aromatic N) is 2. The molecule has 6 heteroatoms. The van der Waals surface area contributed by atoms with Crippen molar-refractivity contribution in [2.75, 3.05) is 13.1 Å². The van der Waals surface area contributed by atoms with Gasteiger partial charge in [0.25, 0.3) is 0 Å². The molecule has 0 radical (unpaired) electrons. The van der Waals surface area contributed by atoms with Crippen molar-refractivity contribution in [3.8, 4) is 0 Å². The van der Waals surface area contributed by atoms with Crippen molar-refractivity contribution in [3.05, 3.63) is 27.1 Å². The monoisotopic (exact) mass is 269 g/mol. The van der Waals surface area contributed by atoms with Crippen LogP contribution in [0.25, 0.3) is 0 Å². The minimum atomic E-state index is -0.324. The number of hydrogen-bond acceptors (Lipinski definition) is 5. The molecule has 18 heavy (non-hydrogen) atoms. The van der Waals surface area contributed by atoms with Crippen LogP contribution in [0, 0.1) is 16.0 Å². The van der Waals surface area contributed by atoms with Gasteiger partial charge in [-0.25, -0.2) is 0 Å². The average molecular weight is 269 g/mol. The molecule has 1 aromatic rings.